The highest BCUT2D eigenvalue weighted by molar-refractivity contribution is 5.84. The Labute approximate surface area is 126 Å². The van der Waals surface area contributed by atoms with E-state index in [2.05, 4.69) is 17.4 Å². The lowest BCUT2D eigenvalue weighted by atomic mass is 9.93. The number of rotatable bonds is 2. The molecular weight excluding hydrogens is 264 g/mol. The van der Waals surface area contributed by atoms with Gasteiger partial charge in [-0.3, -0.25) is 4.79 Å². The zero-order chi connectivity index (χ0) is 14.7. The van der Waals surface area contributed by atoms with Crippen molar-refractivity contribution in [2.45, 2.75) is 44.2 Å². The van der Waals surface area contributed by atoms with Crippen LogP contribution in [-0.2, 0) is 11.2 Å². The lowest BCUT2D eigenvalue weighted by Gasteiger charge is -2.34. The van der Waals surface area contributed by atoms with Crippen LogP contribution in [0.2, 0.25) is 0 Å². The number of benzene rings is 1. The fourth-order valence-corrected chi connectivity index (χ4v) is 3.55. The molecule has 1 fully saturated rings. The summed E-state index contributed by atoms with van der Waals surface area (Å²) >= 11 is 0. The molecule has 1 aromatic rings. The molecule has 1 aromatic carbocycles. The van der Waals surface area contributed by atoms with E-state index in [1.54, 1.807) is 0 Å². The number of hydrogen-bond acceptors (Lipinski definition) is 3. The van der Waals surface area contributed by atoms with Crippen LogP contribution in [0.4, 0.5) is 0 Å². The third-order valence-corrected chi connectivity index (χ3v) is 4.73. The average Bonchev–Trinajstić information content (AvgIpc) is 2.79. The van der Waals surface area contributed by atoms with Crippen molar-refractivity contribution < 1.29 is 9.90 Å². The summed E-state index contributed by atoms with van der Waals surface area (Å²) in [5.41, 5.74) is 2.37. The molecule has 0 saturated carbocycles. The Bertz CT molecular complexity index is 503. The van der Waals surface area contributed by atoms with E-state index >= 15 is 0 Å². The number of hydrogen-bond donors (Lipinski definition) is 2. The van der Waals surface area contributed by atoms with Gasteiger partial charge in [0, 0.05) is 13.1 Å². The van der Waals surface area contributed by atoms with Crippen LogP contribution < -0.4 is 5.32 Å². The molecule has 114 valence electrons. The van der Waals surface area contributed by atoms with Crippen LogP contribution in [0.25, 0.3) is 0 Å². The number of fused-ring (bicyclic) bond motifs is 1. The van der Waals surface area contributed by atoms with Gasteiger partial charge in [-0.1, -0.05) is 37.1 Å². The van der Waals surface area contributed by atoms with Crippen molar-refractivity contribution in [2.24, 2.45) is 0 Å². The molecule has 2 aliphatic rings. The molecule has 1 amide bonds. The number of carbonyl (C=O) groups is 1. The Kier molecular flexibility index (Phi) is 4.56. The summed E-state index contributed by atoms with van der Waals surface area (Å²) in [6, 6.07) is 7.93. The Morgan fingerprint density at radius 1 is 1.29 bits per heavy atom. The molecule has 0 aliphatic carbocycles. The number of aliphatic hydroxyl groups is 1. The van der Waals surface area contributed by atoms with E-state index in [4.69, 9.17) is 0 Å². The summed E-state index contributed by atoms with van der Waals surface area (Å²) in [5.74, 6) is 0.128. The molecule has 0 bridgehead atoms. The number of amides is 1. The number of carbonyl (C=O) groups excluding carboxylic acids is 1. The molecule has 0 aromatic heterocycles. The van der Waals surface area contributed by atoms with Crippen molar-refractivity contribution in [2.75, 3.05) is 19.7 Å². The molecule has 2 aliphatic heterocycles. The molecule has 0 spiro atoms. The van der Waals surface area contributed by atoms with Gasteiger partial charge in [0.15, 0.2) is 0 Å². The molecule has 1 saturated heterocycles. The first kappa shape index (κ1) is 14.5. The van der Waals surface area contributed by atoms with Gasteiger partial charge in [0.1, 0.15) is 6.04 Å². The number of likely N-dealkylation sites (tertiary alicyclic amines) is 1. The summed E-state index contributed by atoms with van der Waals surface area (Å²) in [5, 5.41) is 13.0. The zero-order valence-electron chi connectivity index (χ0n) is 12.4. The lowest BCUT2D eigenvalue weighted by Crippen LogP contribution is -2.49. The average molecular weight is 288 g/mol. The van der Waals surface area contributed by atoms with E-state index < -0.39 is 0 Å². The Morgan fingerprint density at radius 3 is 3.00 bits per heavy atom. The first-order valence-corrected chi connectivity index (χ1v) is 8.04. The van der Waals surface area contributed by atoms with Gasteiger partial charge in [-0.25, -0.2) is 0 Å². The van der Waals surface area contributed by atoms with Crippen molar-refractivity contribution in [1.82, 2.24) is 10.2 Å². The van der Waals surface area contributed by atoms with E-state index in [0.29, 0.717) is 0 Å². The molecule has 21 heavy (non-hydrogen) atoms. The third kappa shape index (κ3) is 2.97. The van der Waals surface area contributed by atoms with Gasteiger partial charge in [0.25, 0.3) is 0 Å². The van der Waals surface area contributed by atoms with Gasteiger partial charge in [0.05, 0.1) is 12.6 Å². The Hall–Kier alpha value is -1.39. The van der Waals surface area contributed by atoms with Crippen LogP contribution >= 0.6 is 0 Å². The maximum Gasteiger partial charge on any atom is 0.244 e. The summed E-state index contributed by atoms with van der Waals surface area (Å²) in [4.78, 5) is 14.9. The molecule has 2 heterocycles. The molecule has 4 heteroatoms. The predicted octanol–water partition coefficient (Wildman–Crippen LogP) is 1.64. The van der Waals surface area contributed by atoms with Crippen LogP contribution in [0, 0.1) is 0 Å². The summed E-state index contributed by atoms with van der Waals surface area (Å²) < 4.78 is 0. The second-order valence-corrected chi connectivity index (χ2v) is 6.05. The summed E-state index contributed by atoms with van der Waals surface area (Å²) in [7, 11) is 0. The number of nitrogens with zero attached hydrogens (tertiary/aromatic N) is 1. The maximum absolute atomic E-state index is 13.0. The molecule has 4 nitrogen and oxygen atoms in total. The summed E-state index contributed by atoms with van der Waals surface area (Å²) in [6.45, 7) is 1.68. The Balaban J connectivity index is 1.84. The normalized spacial score (nSPS) is 26.0. The third-order valence-electron chi connectivity index (χ3n) is 4.73. The second-order valence-electron chi connectivity index (χ2n) is 6.05. The monoisotopic (exact) mass is 288 g/mol. The van der Waals surface area contributed by atoms with E-state index in [0.717, 1.165) is 50.8 Å². The lowest BCUT2D eigenvalue weighted by molar-refractivity contribution is -0.137. The topological polar surface area (TPSA) is 52.6 Å². The first-order chi connectivity index (χ1) is 10.3. The van der Waals surface area contributed by atoms with Crippen molar-refractivity contribution in [3.05, 3.63) is 35.4 Å². The summed E-state index contributed by atoms with van der Waals surface area (Å²) in [6.07, 6.45) is 5.18. The first-order valence-electron chi connectivity index (χ1n) is 8.04. The zero-order valence-corrected chi connectivity index (χ0v) is 12.4. The second kappa shape index (κ2) is 6.58. The van der Waals surface area contributed by atoms with Crippen LogP contribution in [0.3, 0.4) is 0 Å². The van der Waals surface area contributed by atoms with Crippen LogP contribution in [0.1, 0.15) is 42.9 Å². The van der Waals surface area contributed by atoms with Crippen molar-refractivity contribution in [3.63, 3.8) is 0 Å². The van der Waals surface area contributed by atoms with Crippen molar-refractivity contribution in [1.29, 1.82) is 0 Å². The quantitative estimate of drug-likeness (QED) is 0.870. The maximum atomic E-state index is 13.0. The van der Waals surface area contributed by atoms with Crippen LogP contribution in [0.5, 0.6) is 0 Å². The molecule has 2 atom stereocenters. The fourth-order valence-electron chi connectivity index (χ4n) is 3.55. The predicted molar refractivity (Wildman–Crippen MR) is 81.9 cm³/mol. The smallest absolute Gasteiger partial charge is 0.244 e. The van der Waals surface area contributed by atoms with E-state index in [-0.39, 0.29) is 24.6 Å². The van der Waals surface area contributed by atoms with E-state index in [9.17, 15) is 9.90 Å². The highest BCUT2D eigenvalue weighted by Gasteiger charge is 2.33. The van der Waals surface area contributed by atoms with Crippen molar-refractivity contribution in [3.8, 4) is 0 Å². The molecule has 2 N–H and O–H groups in total. The van der Waals surface area contributed by atoms with Crippen molar-refractivity contribution >= 4 is 5.91 Å². The van der Waals surface area contributed by atoms with Gasteiger partial charge >= 0.3 is 0 Å². The van der Waals surface area contributed by atoms with Crippen LogP contribution in [0.15, 0.2) is 24.3 Å². The highest BCUT2D eigenvalue weighted by Crippen LogP contribution is 2.27. The largest absolute Gasteiger partial charge is 0.394 e. The highest BCUT2D eigenvalue weighted by atomic mass is 16.3. The molecule has 0 radical (unpaired) electrons. The minimum Gasteiger partial charge on any atom is -0.394 e. The van der Waals surface area contributed by atoms with E-state index in [1.807, 2.05) is 17.0 Å². The SMILES string of the molecule is O=C(C1NCCc2ccccc21)N1CCCCCC1CO. The minimum absolute atomic E-state index is 0.0177. The standard InChI is InChI=1S/C17H24N2O2/c20-12-14-7-2-1-5-11-19(14)17(21)16-15-8-4-3-6-13(15)9-10-18-16/h3-4,6,8,14,16,18,20H,1-2,5,7,9-12H2. The van der Waals surface area contributed by atoms with Crippen LogP contribution in [-0.4, -0.2) is 41.7 Å². The minimum atomic E-state index is -0.248. The van der Waals surface area contributed by atoms with Gasteiger partial charge in [-0.05, 0) is 30.4 Å². The fraction of sp³-hybridized carbons (Fsp3) is 0.588. The van der Waals surface area contributed by atoms with Gasteiger partial charge < -0.3 is 15.3 Å². The Morgan fingerprint density at radius 2 is 2.14 bits per heavy atom. The number of aliphatic hydroxyl groups excluding tert-OH is 1. The number of nitrogens with one attached hydrogen (secondary N) is 1. The molecular formula is C17H24N2O2. The molecule has 3 rings (SSSR count). The molecule has 2 unspecified atom stereocenters. The van der Waals surface area contributed by atoms with Gasteiger partial charge in [0.2, 0.25) is 5.91 Å². The van der Waals surface area contributed by atoms with E-state index in [1.165, 1.54) is 5.56 Å². The van der Waals surface area contributed by atoms with Gasteiger partial charge in [-0.2, -0.15) is 0 Å². The van der Waals surface area contributed by atoms with Gasteiger partial charge in [-0.15, -0.1) is 0 Å².